The molecule has 1 amide bonds. The van der Waals surface area contributed by atoms with E-state index in [4.69, 9.17) is 17.3 Å². The third kappa shape index (κ3) is 4.42. The summed E-state index contributed by atoms with van der Waals surface area (Å²) < 4.78 is 0. The van der Waals surface area contributed by atoms with E-state index in [1.165, 1.54) is 0 Å². The first kappa shape index (κ1) is 14.1. The molecule has 17 heavy (non-hydrogen) atoms. The quantitative estimate of drug-likeness (QED) is 0.638. The summed E-state index contributed by atoms with van der Waals surface area (Å²) in [6.07, 6.45) is 5.55. The lowest BCUT2D eigenvalue weighted by atomic mass is 10.2. The van der Waals surface area contributed by atoms with Crippen molar-refractivity contribution in [1.29, 1.82) is 0 Å². The van der Waals surface area contributed by atoms with Crippen molar-refractivity contribution in [2.45, 2.75) is 4.90 Å². The maximum atomic E-state index is 11.8. The van der Waals surface area contributed by atoms with Crippen molar-refractivity contribution in [3.8, 4) is 0 Å². The Morgan fingerprint density at radius 3 is 2.94 bits per heavy atom. The molecule has 0 saturated carbocycles. The van der Waals surface area contributed by atoms with Crippen LogP contribution in [0.1, 0.15) is 10.4 Å². The van der Waals surface area contributed by atoms with Crippen molar-refractivity contribution in [3.05, 3.63) is 40.9 Å². The van der Waals surface area contributed by atoms with E-state index in [0.717, 1.165) is 4.90 Å². The Labute approximate surface area is 110 Å². The van der Waals surface area contributed by atoms with Gasteiger partial charge in [0.1, 0.15) is 0 Å². The molecule has 3 nitrogen and oxygen atoms in total. The Balaban J connectivity index is 2.70. The van der Waals surface area contributed by atoms with Gasteiger partial charge >= 0.3 is 0 Å². The zero-order chi connectivity index (χ0) is 12.7. The van der Waals surface area contributed by atoms with Crippen LogP contribution in [0.15, 0.2) is 35.2 Å². The summed E-state index contributed by atoms with van der Waals surface area (Å²) in [6, 6.07) is 5.41. The Hall–Kier alpha value is -0.970. The van der Waals surface area contributed by atoms with Crippen LogP contribution in [-0.2, 0) is 0 Å². The lowest BCUT2D eigenvalue weighted by molar-refractivity contribution is 0.0958. The van der Waals surface area contributed by atoms with Crippen molar-refractivity contribution in [3.63, 3.8) is 0 Å². The Bertz CT molecular complexity index is 421. The Morgan fingerprint density at radius 1 is 1.53 bits per heavy atom. The van der Waals surface area contributed by atoms with E-state index in [9.17, 15) is 4.79 Å². The molecule has 0 aliphatic heterocycles. The second kappa shape index (κ2) is 7.37. The Kier molecular flexibility index (Phi) is 6.11. The molecule has 0 radical (unpaired) electrons. The Morgan fingerprint density at radius 2 is 2.29 bits per heavy atom. The van der Waals surface area contributed by atoms with E-state index >= 15 is 0 Å². The van der Waals surface area contributed by atoms with Crippen LogP contribution in [0, 0.1) is 0 Å². The summed E-state index contributed by atoms with van der Waals surface area (Å²) in [5, 5.41) is 3.21. The summed E-state index contributed by atoms with van der Waals surface area (Å²) in [5.74, 6) is -0.174. The van der Waals surface area contributed by atoms with Gasteiger partial charge in [-0.25, -0.2) is 0 Å². The van der Waals surface area contributed by atoms with Gasteiger partial charge in [-0.05, 0) is 24.5 Å². The first-order valence-corrected chi connectivity index (χ1v) is 6.76. The second-order valence-corrected chi connectivity index (χ2v) is 4.55. The van der Waals surface area contributed by atoms with Gasteiger partial charge in [-0.1, -0.05) is 23.8 Å². The highest BCUT2D eigenvalue weighted by Gasteiger charge is 2.09. The normalized spacial score (nSPS) is 10.8. The lowest BCUT2D eigenvalue weighted by Crippen LogP contribution is -2.23. The average Bonchev–Trinajstić information content (AvgIpc) is 2.35. The largest absolute Gasteiger partial charge is 0.349 e. The number of halogens is 1. The summed E-state index contributed by atoms with van der Waals surface area (Å²) in [6.45, 7) is 0.925. The van der Waals surface area contributed by atoms with E-state index in [1.807, 2.05) is 18.4 Å². The van der Waals surface area contributed by atoms with Crippen molar-refractivity contribution in [1.82, 2.24) is 5.32 Å². The number of nitrogens with one attached hydrogen (secondary N) is 1. The van der Waals surface area contributed by atoms with E-state index in [1.54, 1.807) is 30.0 Å². The fourth-order valence-corrected chi connectivity index (χ4v) is 1.87. The third-order valence-electron chi connectivity index (χ3n) is 2.10. The number of hydrogen-bond donors (Lipinski definition) is 2. The molecule has 0 aromatic heterocycles. The van der Waals surface area contributed by atoms with Gasteiger partial charge in [-0.2, -0.15) is 0 Å². The summed E-state index contributed by atoms with van der Waals surface area (Å²) in [4.78, 5) is 12.8. The van der Waals surface area contributed by atoms with Gasteiger partial charge < -0.3 is 11.1 Å². The molecule has 92 valence electrons. The van der Waals surface area contributed by atoms with Crippen LogP contribution in [0.5, 0.6) is 0 Å². The van der Waals surface area contributed by atoms with Crippen LogP contribution in [0.25, 0.3) is 0 Å². The number of carbonyl (C=O) groups excluding carboxylic acids is 1. The maximum absolute atomic E-state index is 11.8. The smallest absolute Gasteiger partial charge is 0.253 e. The van der Waals surface area contributed by atoms with Crippen LogP contribution in [0.3, 0.4) is 0 Å². The number of nitrogens with two attached hydrogens (primary N) is 1. The zero-order valence-corrected chi connectivity index (χ0v) is 11.1. The number of thioether (sulfide) groups is 1. The number of rotatable bonds is 5. The van der Waals surface area contributed by atoms with Crippen molar-refractivity contribution >= 4 is 29.3 Å². The molecule has 0 fully saturated rings. The van der Waals surface area contributed by atoms with Crippen LogP contribution in [0.2, 0.25) is 5.02 Å². The fourth-order valence-electron chi connectivity index (χ4n) is 1.23. The zero-order valence-electron chi connectivity index (χ0n) is 9.57. The van der Waals surface area contributed by atoms with Crippen molar-refractivity contribution < 1.29 is 4.79 Å². The maximum Gasteiger partial charge on any atom is 0.253 e. The molecule has 0 unspecified atom stereocenters. The van der Waals surface area contributed by atoms with E-state index in [-0.39, 0.29) is 5.91 Å². The molecule has 1 aromatic rings. The van der Waals surface area contributed by atoms with Crippen LogP contribution in [0.4, 0.5) is 0 Å². The van der Waals surface area contributed by atoms with Gasteiger partial charge in [0.2, 0.25) is 0 Å². The monoisotopic (exact) mass is 270 g/mol. The first-order chi connectivity index (χ1) is 8.19. The molecule has 0 aliphatic rings. The fraction of sp³-hybridized carbons (Fsp3) is 0.250. The van der Waals surface area contributed by atoms with Gasteiger partial charge in [0.25, 0.3) is 5.91 Å². The molecule has 5 heteroatoms. The highest BCUT2D eigenvalue weighted by molar-refractivity contribution is 7.98. The SMILES string of the molecule is CSc1ccc(Cl)c(C(=O)NC/C=C/CN)c1. The van der Waals surface area contributed by atoms with Gasteiger partial charge in [0, 0.05) is 18.0 Å². The van der Waals surface area contributed by atoms with Gasteiger partial charge in [0.05, 0.1) is 10.6 Å². The number of hydrogen-bond acceptors (Lipinski definition) is 3. The molecule has 0 heterocycles. The standard InChI is InChI=1S/C12H15ClN2OS/c1-17-9-4-5-11(13)10(8-9)12(16)15-7-3-2-6-14/h2-5,8H,6-7,14H2,1H3,(H,15,16)/b3-2+. The molecule has 0 aliphatic carbocycles. The van der Waals surface area contributed by atoms with Gasteiger partial charge in [-0.3, -0.25) is 4.79 Å². The molecular formula is C12H15ClN2OS. The predicted molar refractivity (Wildman–Crippen MR) is 73.8 cm³/mol. The molecule has 0 saturated heterocycles. The second-order valence-electron chi connectivity index (χ2n) is 3.26. The molecule has 0 spiro atoms. The minimum atomic E-state index is -0.174. The first-order valence-electron chi connectivity index (χ1n) is 5.16. The molecule has 0 bridgehead atoms. The number of benzene rings is 1. The molecule has 1 rings (SSSR count). The molecule has 3 N–H and O–H groups in total. The minimum Gasteiger partial charge on any atom is -0.349 e. The van der Waals surface area contributed by atoms with Gasteiger partial charge in [-0.15, -0.1) is 11.8 Å². The molecule has 0 atom stereocenters. The summed E-state index contributed by atoms with van der Waals surface area (Å²) in [5.41, 5.74) is 5.79. The van der Waals surface area contributed by atoms with Crippen molar-refractivity contribution in [2.24, 2.45) is 5.73 Å². The average molecular weight is 271 g/mol. The van der Waals surface area contributed by atoms with Crippen LogP contribution in [-0.4, -0.2) is 25.3 Å². The number of amides is 1. The number of carbonyl (C=O) groups is 1. The highest BCUT2D eigenvalue weighted by Crippen LogP contribution is 2.22. The predicted octanol–water partition coefficient (Wildman–Crippen LogP) is 2.31. The topological polar surface area (TPSA) is 55.1 Å². The summed E-state index contributed by atoms with van der Waals surface area (Å²) >= 11 is 7.55. The summed E-state index contributed by atoms with van der Waals surface area (Å²) in [7, 11) is 0. The highest BCUT2D eigenvalue weighted by atomic mass is 35.5. The van der Waals surface area contributed by atoms with Crippen molar-refractivity contribution in [2.75, 3.05) is 19.3 Å². The lowest BCUT2D eigenvalue weighted by Gasteiger charge is -2.06. The van der Waals surface area contributed by atoms with E-state index in [0.29, 0.717) is 23.7 Å². The minimum absolute atomic E-state index is 0.174. The van der Waals surface area contributed by atoms with Crippen LogP contribution >= 0.6 is 23.4 Å². The van der Waals surface area contributed by atoms with Gasteiger partial charge in [0.15, 0.2) is 0 Å². The van der Waals surface area contributed by atoms with E-state index < -0.39 is 0 Å². The molecule has 1 aromatic carbocycles. The third-order valence-corrected chi connectivity index (χ3v) is 3.16. The van der Waals surface area contributed by atoms with Crippen LogP contribution < -0.4 is 11.1 Å². The molecular weight excluding hydrogens is 256 g/mol. The van der Waals surface area contributed by atoms with E-state index in [2.05, 4.69) is 5.32 Å².